The molecule has 3 nitrogen and oxygen atoms in total. The fourth-order valence-corrected chi connectivity index (χ4v) is 2.54. The van der Waals surface area contributed by atoms with E-state index in [0.717, 1.165) is 21.4 Å². The smallest absolute Gasteiger partial charge is 0.226 e. The Bertz CT molecular complexity index is 613. The van der Waals surface area contributed by atoms with Gasteiger partial charge in [-0.1, -0.05) is 34.1 Å². The molecule has 0 aromatic heterocycles. The number of para-hydroxylation sites is 1. The van der Waals surface area contributed by atoms with Gasteiger partial charge >= 0.3 is 0 Å². The molecule has 0 aliphatic heterocycles. The first-order chi connectivity index (χ1) is 10.1. The van der Waals surface area contributed by atoms with Gasteiger partial charge in [0, 0.05) is 35.9 Å². The van der Waals surface area contributed by atoms with Gasteiger partial charge in [-0.15, -0.1) is 0 Å². The van der Waals surface area contributed by atoms with Gasteiger partial charge < -0.3 is 10.2 Å². The van der Waals surface area contributed by atoms with Crippen molar-refractivity contribution >= 4 is 33.2 Å². The lowest BCUT2D eigenvalue weighted by Gasteiger charge is -2.19. The van der Waals surface area contributed by atoms with Crippen LogP contribution in [0.4, 0.5) is 11.4 Å². The van der Waals surface area contributed by atoms with Crippen LogP contribution in [0, 0.1) is 6.92 Å². The number of benzene rings is 2. The third-order valence-corrected chi connectivity index (χ3v) is 3.83. The first kappa shape index (κ1) is 15.6. The van der Waals surface area contributed by atoms with E-state index < -0.39 is 0 Å². The molecule has 0 atom stereocenters. The van der Waals surface area contributed by atoms with Crippen LogP contribution in [0.25, 0.3) is 0 Å². The third-order valence-electron chi connectivity index (χ3n) is 3.33. The number of hydrogen-bond acceptors (Lipinski definition) is 2. The minimum atomic E-state index is 0.0307. The molecule has 2 aromatic rings. The van der Waals surface area contributed by atoms with Crippen molar-refractivity contribution in [1.82, 2.24) is 0 Å². The van der Waals surface area contributed by atoms with Gasteiger partial charge in [-0.25, -0.2) is 0 Å². The van der Waals surface area contributed by atoms with Gasteiger partial charge in [0.05, 0.1) is 0 Å². The van der Waals surface area contributed by atoms with Crippen LogP contribution in [0.1, 0.15) is 12.0 Å². The van der Waals surface area contributed by atoms with Gasteiger partial charge in [0.15, 0.2) is 0 Å². The Hall–Kier alpha value is -1.81. The normalized spacial score (nSPS) is 10.2. The van der Waals surface area contributed by atoms with Gasteiger partial charge in [0.25, 0.3) is 0 Å². The number of halogens is 1. The van der Waals surface area contributed by atoms with Crippen molar-refractivity contribution in [2.45, 2.75) is 13.3 Å². The van der Waals surface area contributed by atoms with Crippen LogP contribution in [0.2, 0.25) is 0 Å². The lowest BCUT2D eigenvalue weighted by atomic mass is 10.2. The number of rotatable bonds is 5. The zero-order valence-electron chi connectivity index (χ0n) is 12.3. The molecule has 0 saturated heterocycles. The predicted molar refractivity (Wildman–Crippen MR) is 91.8 cm³/mol. The summed E-state index contributed by atoms with van der Waals surface area (Å²) in [5.74, 6) is 0.0307. The van der Waals surface area contributed by atoms with Crippen molar-refractivity contribution in [1.29, 1.82) is 0 Å². The number of amides is 1. The summed E-state index contributed by atoms with van der Waals surface area (Å²) in [6.45, 7) is 2.67. The molecule has 0 bridgehead atoms. The van der Waals surface area contributed by atoms with Crippen LogP contribution in [0.3, 0.4) is 0 Å². The molecule has 0 spiro atoms. The topological polar surface area (TPSA) is 32.3 Å². The van der Waals surface area contributed by atoms with E-state index in [9.17, 15) is 4.79 Å². The zero-order valence-corrected chi connectivity index (χ0v) is 13.9. The van der Waals surface area contributed by atoms with Gasteiger partial charge in [0.2, 0.25) is 5.91 Å². The third kappa shape index (κ3) is 4.60. The Morgan fingerprint density at radius 1 is 1.19 bits per heavy atom. The van der Waals surface area contributed by atoms with Crippen molar-refractivity contribution < 1.29 is 4.79 Å². The van der Waals surface area contributed by atoms with Crippen molar-refractivity contribution in [2.75, 3.05) is 23.8 Å². The molecule has 0 saturated carbocycles. The first-order valence-corrected chi connectivity index (χ1v) is 7.68. The number of nitrogens with one attached hydrogen (secondary N) is 1. The largest absolute Gasteiger partial charge is 0.374 e. The van der Waals surface area contributed by atoms with Gasteiger partial charge in [-0.2, -0.15) is 0 Å². The lowest BCUT2D eigenvalue weighted by molar-refractivity contribution is -0.116. The molecular weight excluding hydrogens is 328 g/mol. The van der Waals surface area contributed by atoms with E-state index in [1.54, 1.807) is 0 Å². The quantitative estimate of drug-likeness (QED) is 0.878. The molecule has 0 heterocycles. The average Bonchev–Trinajstić information content (AvgIpc) is 2.48. The highest BCUT2D eigenvalue weighted by molar-refractivity contribution is 9.10. The van der Waals surface area contributed by atoms with Crippen molar-refractivity contribution in [3.8, 4) is 0 Å². The maximum atomic E-state index is 12.0. The van der Waals surface area contributed by atoms with Crippen LogP contribution >= 0.6 is 15.9 Å². The molecule has 21 heavy (non-hydrogen) atoms. The Labute approximate surface area is 134 Å². The van der Waals surface area contributed by atoms with E-state index in [4.69, 9.17) is 0 Å². The van der Waals surface area contributed by atoms with Gasteiger partial charge in [-0.05, 0) is 42.8 Å². The summed E-state index contributed by atoms with van der Waals surface area (Å²) in [5, 5.41) is 2.96. The number of aryl methyl sites for hydroxylation is 1. The fourth-order valence-electron chi connectivity index (χ4n) is 2.06. The molecule has 0 radical (unpaired) electrons. The summed E-state index contributed by atoms with van der Waals surface area (Å²) >= 11 is 3.42. The monoisotopic (exact) mass is 346 g/mol. The van der Waals surface area contributed by atoms with E-state index in [-0.39, 0.29) is 5.91 Å². The number of carbonyl (C=O) groups excluding carboxylic acids is 1. The van der Waals surface area contributed by atoms with Gasteiger partial charge in [-0.3, -0.25) is 4.79 Å². The van der Waals surface area contributed by atoms with Gasteiger partial charge in [0.1, 0.15) is 0 Å². The zero-order chi connectivity index (χ0) is 15.2. The van der Waals surface area contributed by atoms with E-state index in [0.29, 0.717) is 13.0 Å². The van der Waals surface area contributed by atoms with E-state index >= 15 is 0 Å². The molecule has 2 rings (SSSR count). The number of anilines is 2. The number of nitrogens with zero attached hydrogens (tertiary/aromatic N) is 1. The summed E-state index contributed by atoms with van der Waals surface area (Å²) in [5.41, 5.74) is 3.03. The predicted octanol–water partition coefficient (Wildman–Crippen LogP) is 4.22. The molecule has 0 aliphatic carbocycles. The van der Waals surface area contributed by atoms with Crippen LogP contribution in [0.5, 0.6) is 0 Å². The van der Waals surface area contributed by atoms with E-state index in [1.165, 1.54) is 0 Å². The molecule has 0 fully saturated rings. The lowest BCUT2D eigenvalue weighted by Crippen LogP contribution is -2.24. The van der Waals surface area contributed by atoms with Crippen LogP contribution in [-0.4, -0.2) is 19.5 Å². The molecule has 110 valence electrons. The SMILES string of the molecule is Cc1cc(Br)ccc1NC(=O)CCN(C)c1ccccc1. The Kier molecular flexibility index (Phi) is 5.39. The Morgan fingerprint density at radius 2 is 1.90 bits per heavy atom. The molecule has 0 unspecified atom stereocenters. The second kappa shape index (κ2) is 7.27. The minimum absolute atomic E-state index is 0.0307. The summed E-state index contributed by atoms with van der Waals surface area (Å²) in [6, 6.07) is 15.9. The average molecular weight is 347 g/mol. The van der Waals surface area contributed by atoms with E-state index in [2.05, 4.69) is 26.1 Å². The highest BCUT2D eigenvalue weighted by Gasteiger charge is 2.07. The summed E-state index contributed by atoms with van der Waals surface area (Å²) in [7, 11) is 1.99. The maximum absolute atomic E-state index is 12.0. The Morgan fingerprint density at radius 3 is 2.57 bits per heavy atom. The van der Waals surface area contributed by atoms with Crippen LogP contribution < -0.4 is 10.2 Å². The Balaban J connectivity index is 1.87. The minimum Gasteiger partial charge on any atom is -0.374 e. The second-order valence-electron chi connectivity index (χ2n) is 5.01. The number of carbonyl (C=O) groups is 1. The molecule has 2 aromatic carbocycles. The van der Waals surface area contributed by atoms with Crippen LogP contribution in [0.15, 0.2) is 53.0 Å². The fraction of sp³-hybridized carbons (Fsp3) is 0.235. The molecule has 4 heteroatoms. The van der Waals surface area contributed by atoms with Crippen molar-refractivity contribution in [3.05, 3.63) is 58.6 Å². The van der Waals surface area contributed by atoms with Crippen molar-refractivity contribution in [3.63, 3.8) is 0 Å². The second-order valence-corrected chi connectivity index (χ2v) is 5.93. The maximum Gasteiger partial charge on any atom is 0.226 e. The molecule has 1 N–H and O–H groups in total. The summed E-state index contributed by atoms with van der Waals surface area (Å²) < 4.78 is 1.02. The van der Waals surface area contributed by atoms with Crippen LogP contribution in [-0.2, 0) is 4.79 Å². The highest BCUT2D eigenvalue weighted by Crippen LogP contribution is 2.20. The standard InChI is InChI=1S/C17H19BrN2O/c1-13-12-14(18)8-9-16(13)19-17(21)10-11-20(2)15-6-4-3-5-7-15/h3-9,12H,10-11H2,1-2H3,(H,19,21). The molecule has 0 aliphatic rings. The van der Waals surface area contributed by atoms with Crippen molar-refractivity contribution in [2.24, 2.45) is 0 Å². The highest BCUT2D eigenvalue weighted by atomic mass is 79.9. The first-order valence-electron chi connectivity index (χ1n) is 6.88. The number of hydrogen-bond donors (Lipinski definition) is 1. The summed E-state index contributed by atoms with van der Waals surface area (Å²) in [4.78, 5) is 14.1. The molecule has 1 amide bonds. The van der Waals surface area contributed by atoms with E-state index in [1.807, 2.05) is 62.5 Å². The molecular formula is C17H19BrN2O. The summed E-state index contributed by atoms with van der Waals surface area (Å²) in [6.07, 6.45) is 0.459.